The van der Waals surface area contributed by atoms with Gasteiger partial charge in [-0.25, -0.2) is 4.99 Å². The molecule has 1 N–H and O–H groups in total. The Morgan fingerprint density at radius 2 is 1.85 bits per heavy atom. The van der Waals surface area contributed by atoms with Gasteiger partial charge in [-0.2, -0.15) is 0 Å². The SMILES string of the molecule is Cc1ccc(C[C@H]2SC(CC(=O)NCc3ccccc3)=NC2=O)cc1C. The predicted molar refractivity (Wildman–Crippen MR) is 106 cm³/mol. The van der Waals surface area contributed by atoms with Gasteiger partial charge < -0.3 is 5.32 Å². The highest BCUT2D eigenvalue weighted by Crippen LogP contribution is 2.28. The molecule has 1 atom stereocenters. The summed E-state index contributed by atoms with van der Waals surface area (Å²) in [5, 5.41) is 3.25. The second-order valence-corrected chi connectivity index (χ2v) is 7.79. The first-order valence-corrected chi connectivity index (χ1v) is 9.54. The Labute approximate surface area is 158 Å². The maximum Gasteiger partial charge on any atom is 0.260 e. The molecule has 2 aromatic rings. The van der Waals surface area contributed by atoms with Gasteiger partial charge in [-0.05, 0) is 42.5 Å². The molecule has 2 aromatic carbocycles. The first-order valence-electron chi connectivity index (χ1n) is 8.66. The van der Waals surface area contributed by atoms with Gasteiger partial charge in [0, 0.05) is 6.54 Å². The molecule has 134 valence electrons. The Balaban J connectivity index is 1.51. The lowest BCUT2D eigenvalue weighted by atomic mass is 10.0. The van der Waals surface area contributed by atoms with E-state index in [9.17, 15) is 9.59 Å². The molecule has 3 rings (SSSR count). The van der Waals surface area contributed by atoms with E-state index in [0.29, 0.717) is 18.0 Å². The minimum atomic E-state index is -0.228. The van der Waals surface area contributed by atoms with E-state index in [1.54, 1.807) is 0 Å². The van der Waals surface area contributed by atoms with E-state index in [4.69, 9.17) is 0 Å². The molecule has 26 heavy (non-hydrogen) atoms. The molecule has 0 fully saturated rings. The van der Waals surface area contributed by atoms with Crippen LogP contribution < -0.4 is 5.32 Å². The molecular formula is C21H22N2O2S. The molecule has 1 aliphatic rings. The number of aliphatic imine (C=N–C) groups is 1. The van der Waals surface area contributed by atoms with Crippen molar-refractivity contribution in [2.75, 3.05) is 0 Å². The second kappa shape index (κ2) is 8.32. The van der Waals surface area contributed by atoms with Crippen molar-refractivity contribution in [1.82, 2.24) is 5.32 Å². The Hall–Kier alpha value is -2.40. The largest absolute Gasteiger partial charge is 0.352 e. The molecular weight excluding hydrogens is 344 g/mol. The van der Waals surface area contributed by atoms with Crippen LogP contribution >= 0.6 is 11.8 Å². The summed E-state index contributed by atoms with van der Waals surface area (Å²) < 4.78 is 0. The summed E-state index contributed by atoms with van der Waals surface area (Å²) in [7, 11) is 0. The lowest BCUT2D eigenvalue weighted by Gasteiger charge is -2.09. The number of aryl methyl sites for hydroxylation is 2. The van der Waals surface area contributed by atoms with Crippen LogP contribution in [-0.4, -0.2) is 22.1 Å². The number of thioether (sulfide) groups is 1. The van der Waals surface area contributed by atoms with E-state index in [2.05, 4.69) is 42.4 Å². The van der Waals surface area contributed by atoms with Gasteiger partial charge in [0.1, 0.15) is 0 Å². The van der Waals surface area contributed by atoms with Crippen molar-refractivity contribution in [2.45, 2.75) is 38.5 Å². The van der Waals surface area contributed by atoms with E-state index >= 15 is 0 Å². The van der Waals surface area contributed by atoms with Crippen LogP contribution in [0.25, 0.3) is 0 Å². The maximum atomic E-state index is 12.2. The lowest BCUT2D eigenvalue weighted by Crippen LogP contribution is -2.24. The summed E-state index contributed by atoms with van der Waals surface area (Å²) >= 11 is 1.41. The second-order valence-electron chi connectivity index (χ2n) is 6.51. The fourth-order valence-corrected chi connectivity index (χ4v) is 3.90. The van der Waals surface area contributed by atoms with Crippen LogP contribution in [0, 0.1) is 13.8 Å². The highest BCUT2D eigenvalue weighted by molar-refractivity contribution is 8.15. The number of hydrogen-bond acceptors (Lipinski definition) is 3. The van der Waals surface area contributed by atoms with Gasteiger partial charge in [-0.15, -0.1) is 0 Å². The Morgan fingerprint density at radius 3 is 2.58 bits per heavy atom. The predicted octanol–water partition coefficient (Wildman–Crippen LogP) is 3.59. The monoisotopic (exact) mass is 366 g/mol. The van der Waals surface area contributed by atoms with E-state index < -0.39 is 0 Å². The summed E-state index contributed by atoms with van der Waals surface area (Å²) in [5.41, 5.74) is 4.64. The summed E-state index contributed by atoms with van der Waals surface area (Å²) in [6.45, 7) is 4.63. The molecule has 1 heterocycles. The first-order chi connectivity index (χ1) is 12.5. The molecule has 1 aliphatic heterocycles. The average Bonchev–Trinajstić information content (AvgIpc) is 2.96. The van der Waals surface area contributed by atoms with Gasteiger partial charge >= 0.3 is 0 Å². The molecule has 2 amide bonds. The highest BCUT2D eigenvalue weighted by atomic mass is 32.2. The van der Waals surface area contributed by atoms with Crippen molar-refractivity contribution >= 4 is 28.6 Å². The third kappa shape index (κ3) is 4.82. The number of nitrogens with one attached hydrogen (secondary N) is 1. The fraction of sp³-hybridized carbons (Fsp3) is 0.286. The molecule has 0 saturated heterocycles. The fourth-order valence-electron chi connectivity index (χ4n) is 2.79. The number of hydrogen-bond donors (Lipinski definition) is 1. The summed E-state index contributed by atoms with van der Waals surface area (Å²) in [6, 6.07) is 16.0. The van der Waals surface area contributed by atoms with Crippen molar-refractivity contribution in [3.05, 3.63) is 70.8 Å². The summed E-state index contributed by atoms with van der Waals surface area (Å²) in [5.74, 6) is -0.251. The van der Waals surface area contributed by atoms with Crippen molar-refractivity contribution < 1.29 is 9.59 Å². The van der Waals surface area contributed by atoms with Crippen LogP contribution in [0.4, 0.5) is 0 Å². The molecule has 0 radical (unpaired) electrons. The minimum Gasteiger partial charge on any atom is -0.352 e. The van der Waals surface area contributed by atoms with Gasteiger partial charge in [-0.1, -0.05) is 60.3 Å². The zero-order valence-electron chi connectivity index (χ0n) is 15.0. The van der Waals surface area contributed by atoms with Crippen LogP contribution in [0.1, 0.15) is 28.7 Å². The van der Waals surface area contributed by atoms with Gasteiger partial charge in [0.25, 0.3) is 5.91 Å². The number of benzene rings is 2. The molecule has 0 spiro atoms. The van der Waals surface area contributed by atoms with E-state index in [-0.39, 0.29) is 23.5 Å². The molecule has 0 aliphatic carbocycles. The zero-order valence-corrected chi connectivity index (χ0v) is 15.8. The van der Waals surface area contributed by atoms with Crippen LogP contribution in [0.5, 0.6) is 0 Å². The topological polar surface area (TPSA) is 58.5 Å². The molecule has 0 unspecified atom stereocenters. The summed E-state index contributed by atoms with van der Waals surface area (Å²) in [4.78, 5) is 28.4. The van der Waals surface area contributed by atoms with Gasteiger partial charge in [0.2, 0.25) is 5.91 Å². The normalized spacial score (nSPS) is 16.5. The molecule has 4 nitrogen and oxygen atoms in total. The van der Waals surface area contributed by atoms with Crippen molar-refractivity contribution in [2.24, 2.45) is 4.99 Å². The van der Waals surface area contributed by atoms with Crippen molar-refractivity contribution in [3.63, 3.8) is 0 Å². The van der Waals surface area contributed by atoms with Crippen LogP contribution in [0.2, 0.25) is 0 Å². The number of amides is 2. The molecule has 0 aromatic heterocycles. The Bertz CT molecular complexity index is 846. The smallest absolute Gasteiger partial charge is 0.260 e. The Morgan fingerprint density at radius 1 is 1.08 bits per heavy atom. The molecule has 0 saturated carbocycles. The Kier molecular flexibility index (Phi) is 5.89. The van der Waals surface area contributed by atoms with E-state index in [1.807, 2.05) is 30.3 Å². The minimum absolute atomic E-state index is 0.111. The number of rotatable bonds is 6. The van der Waals surface area contributed by atoms with Gasteiger partial charge in [0.15, 0.2) is 0 Å². The maximum absolute atomic E-state index is 12.2. The molecule has 5 heteroatoms. The number of nitrogens with zero attached hydrogens (tertiary/aromatic N) is 1. The van der Waals surface area contributed by atoms with Gasteiger partial charge in [0.05, 0.1) is 16.7 Å². The third-order valence-electron chi connectivity index (χ3n) is 4.43. The van der Waals surface area contributed by atoms with E-state index in [0.717, 1.165) is 11.1 Å². The van der Waals surface area contributed by atoms with Crippen LogP contribution in [0.3, 0.4) is 0 Å². The standard InChI is InChI=1S/C21H22N2O2S/c1-14-8-9-17(10-15(14)2)11-18-21(25)23-20(26-18)12-19(24)22-13-16-6-4-3-5-7-16/h3-10,18H,11-13H2,1-2H3,(H,22,24)/t18-/m1/s1. The summed E-state index contributed by atoms with van der Waals surface area (Å²) in [6.07, 6.45) is 0.802. The third-order valence-corrected chi connectivity index (χ3v) is 5.59. The van der Waals surface area contributed by atoms with Crippen molar-refractivity contribution in [3.8, 4) is 0 Å². The van der Waals surface area contributed by atoms with Gasteiger partial charge in [-0.3, -0.25) is 9.59 Å². The number of carbonyl (C=O) groups excluding carboxylic acids is 2. The average molecular weight is 366 g/mol. The first kappa shape index (κ1) is 18.4. The quantitative estimate of drug-likeness (QED) is 0.850. The zero-order chi connectivity index (χ0) is 18.5. The lowest BCUT2D eigenvalue weighted by molar-refractivity contribution is -0.120. The molecule has 0 bridgehead atoms. The van der Waals surface area contributed by atoms with Crippen LogP contribution in [0.15, 0.2) is 53.5 Å². The highest BCUT2D eigenvalue weighted by Gasteiger charge is 2.29. The number of carbonyl (C=O) groups is 2. The van der Waals surface area contributed by atoms with Crippen LogP contribution in [-0.2, 0) is 22.6 Å². The van der Waals surface area contributed by atoms with E-state index in [1.165, 1.54) is 22.9 Å². The van der Waals surface area contributed by atoms with Crippen molar-refractivity contribution in [1.29, 1.82) is 0 Å².